The summed E-state index contributed by atoms with van der Waals surface area (Å²) in [4.78, 5) is 27.2. The normalized spacial score (nSPS) is 18.4. The van der Waals surface area contributed by atoms with Gasteiger partial charge in [0, 0.05) is 6.54 Å². The lowest BCUT2D eigenvalue weighted by Gasteiger charge is -2.35. The van der Waals surface area contributed by atoms with E-state index in [1.165, 1.54) is 6.07 Å². The van der Waals surface area contributed by atoms with Crippen molar-refractivity contribution in [3.8, 4) is 0 Å². The fourth-order valence-corrected chi connectivity index (χ4v) is 4.13. The van der Waals surface area contributed by atoms with Crippen LogP contribution in [0.1, 0.15) is 30.5 Å². The lowest BCUT2D eigenvalue weighted by Crippen LogP contribution is -2.49. The van der Waals surface area contributed by atoms with Gasteiger partial charge < -0.3 is 20.3 Å². The van der Waals surface area contributed by atoms with Gasteiger partial charge in [-0.2, -0.15) is 0 Å². The topological polar surface area (TPSA) is 70.7 Å². The number of esters is 1. The van der Waals surface area contributed by atoms with Crippen LogP contribution in [-0.4, -0.2) is 31.7 Å². The molecule has 0 saturated heterocycles. The molecule has 0 saturated carbocycles. The average Bonchev–Trinajstić information content (AvgIpc) is 2.74. The van der Waals surface area contributed by atoms with Crippen molar-refractivity contribution < 1.29 is 18.7 Å². The number of benzene rings is 2. The Hall–Kier alpha value is -3.35. The van der Waals surface area contributed by atoms with E-state index in [4.69, 9.17) is 4.74 Å². The van der Waals surface area contributed by atoms with Crippen molar-refractivity contribution in [1.82, 2.24) is 10.6 Å². The summed E-state index contributed by atoms with van der Waals surface area (Å²) in [6.45, 7) is 2.79. The summed E-state index contributed by atoms with van der Waals surface area (Å²) in [6.07, 6.45) is 1.67. The van der Waals surface area contributed by atoms with Crippen LogP contribution in [0.2, 0.25) is 0 Å². The number of anilines is 1. The number of carbonyl (C=O) groups excluding carboxylic acids is 2. The predicted octanol–water partition coefficient (Wildman–Crippen LogP) is 3.45. The Balaban J connectivity index is 1.77. The summed E-state index contributed by atoms with van der Waals surface area (Å²) in [5.41, 5.74) is 3.01. The van der Waals surface area contributed by atoms with Crippen molar-refractivity contribution in [3.05, 3.63) is 76.7 Å². The number of nitrogens with zero attached hydrogens (tertiary/aromatic N) is 1. The van der Waals surface area contributed by atoms with E-state index in [1.54, 1.807) is 13.0 Å². The minimum Gasteiger partial charge on any atom is -0.463 e. The summed E-state index contributed by atoms with van der Waals surface area (Å²) in [5, 5.41) is 5.59. The predicted molar refractivity (Wildman–Crippen MR) is 111 cm³/mol. The quantitative estimate of drug-likeness (QED) is 0.742. The first-order valence-corrected chi connectivity index (χ1v) is 10.1. The first-order chi connectivity index (χ1) is 14.6. The molecule has 0 bridgehead atoms. The molecule has 30 heavy (non-hydrogen) atoms. The Labute approximate surface area is 174 Å². The van der Waals surface area contributed by atoms with Gasteiger partial charge in [-0.05, 0) is 37.0 Å². The van der Waals surface area contributed by atoms with Gasteiger partial charge in [-0.1, -0.05) is 42.5 Å². The molecule has 2 heterocycles. The van der Waals surface area contributed by atoms with Crippen LogP contribution < -0.4 is 15.5 Å². The number of amides is 2. The number of para-hydroxylation sites is 1. The van der Waals surface area contributed by atoms with Crippen LogP contribution >= 0.6 is 0 Å². The fraction of sp³-hybridized carbons (Fsp3) is 0.304. The number of hydrogen-bond donors (Lipinski definition) is 2. The van der Waals surface area contributed by atoms with Crippen LogP contribution in [0.3, 0.4) is 0 Å². The average molecular weight is 409 g/mol. The molecule has 156 valence electrons. The highest BCUT2D eigenvalue weighted by Crippen LogP contribution is 2.33. The third-order valence-electron chi connectivity index (χ3n) is 5.39. The van der Waals surface area contributed by atoms with Crippen LogP contribution in [0.15, 0.2) is 59.8 Å². The maximum atomic E-state index is 14.6. The molecule has 2 amide bonds. The van der Waals surface area contributed by atoms with Gasteiger partial charge >= 0.3 is 12.0 Å². The molecule has 2 N–H and O–H groups in total. The van der Waals surface area contributed by atoms with E-state index in [0.29, 0.717) is 23.5 Å². The molecule has 0 aliphatic carbocycles. The van der Waals surface area contributed by atoms with Crippen molar-refractivity contribution in [1.29, 1.82) is 0 Å². The molecule has 2 aromatic carbocycles. The maximum absolute atomic E-state index is 14.6. The fourth-order valence-electron chi connectivity index (χ4n) is 4.13. The van der Waals surface area contributed by atoms with E-state index in [9.17, 15) is 14.0 Å². The number of aryl methyl sites for hydroxylation is 1. The number of rotatable bonds is 5. The van der Waals surface area contributed by atoms with Crippen molar-refractivity contribution in [2.24, 2.45) is 0 Å². The molecule has 6 nitrogen and oxygen atoms in total. The van der Waals surface area contributed by atoms with Gasteiger partial charge in [0.05, 0.1) is 36.2 Å². The zero-order chi connectivity index (χ0) is 21.1. The molecule has 4 rings (SSSR count). The Kier molecular flexibility index (Phi) is 5.70. The molecule has 2 aliphatic heterocycles. The second kappa shape index (κ2) is 8.57. The van der Waals surface area contributed by atoms with E-state index < -0.39 is 18.0 Å². The molecule has 0 fully saturated rings. The lowest BCUT2D eigenvalue weighted by atomic mass is 9.94. The molecule has 1 unspecified atom stereocenters. The molecule has 1 atom stereocenters. The van der Waals surface area contributed by atoms with E-state index in [-0.39, 0.29) is 19.0 Å². The van der Waals surface area contributed by atoms with Crippen molar-refractivity contribution in [2.45, 2.75) is 25.8 Å². The van der Waals surface area contributed by atoms with Crippen LogP contribution in [0, 0.1) is 5.82 Å². The number of urea groups is 1. The van der Waals surface area contributed by atoms with Gasteiger partial charge in [0.2, 0.25) is 0 Å². The standard InChI is InChI=1S/C23H24FN3O3/c1-2-30-22(28)19-18(25-23(29)26-20(19)15-8-4-3-5-9-15)14-27-13-7-11-16-10-6-12-17(24)21(16)27/h3-6,8-10,12,20H,2,7,11,13-14H2,1H3,(H2,25,26,29). The number of fused-ring (bicyclic) bond motifs is 1. The molecule has 2 aliphatic rings. The third kappa shape index (κ3) is 3.87. The highest BCUT2D eigenvalue weighted by atomic mass is 19.1. The van der Waals surface area contributed by atoms with Crippen molar-refractivity contribution in [3.63, 3.8) is 0 Å². The Bertz CT molecular complexity index is 990. The third-order valence-corrected chi connectivity index (χ3v) is 5.39. The lowest BCUT2D eigenvalue weighted by molar-refractivity contribution is -0.139. The monoisotopic (exact) mass is 409 g/mol. The number of carbonyl (C=O) groups is 2. The molecule has 0 spiro atoms. The summed E-state index contributed by atoms with van der Waals surface area (Å²) in [5.74, 6) is -0.801. The van der Waals surface area contributed by atoms with E-state index in [0.717, 1.165) is 24.0 Å². The van der Waals surface area contributed by atoms with Gasteiger partial charge in [-0.15, -0.1) is 0 Å². The van der Waals surface area contributed by atoms with E-state index in [1.807, 2.05) is 41.3 Å². The number of halogens is 1. The van der Waals surface area contributed by atoms with Crippen LogP contribution in [0.4, 0.5) is 14.9 Å². The molecular weight excluding hydrogens is 385 g/mol. The van der Waals surface area contributed by atoms with E-state index in [2.05, 4.69) is 10.6 Å². The highest BCUT2D eigenvalue weighted by Gasteiger charge is 2.35. The summed E-state index contributed by atoms with van der Waals surface area (Å²) >= 11 is 0. The highest BCUT2D eigenvalue weighted by molar-refractivity contribution is 5.95. The smallest absolute Gasteiger partial charge is 0.338 e. The first kappa shape index (κ1) is 19.9. The van der Waals surface area contributed by atoms with Gasteiger partial charge in [-0.3, -0.25) is 0 Å². The largest absolute Gasteiger partial charge is 0.463 e. The van der Waals surface area contributed by atoms with Crippen molar-refractivity contribution in [2.75, 3.05) is 24.6 Å². The zero-order valence-electron chi connectivity index (χ0n) is 16.8. The second-order valence-electron chi connectivity index (χ2n) is 7.33. The van der Waals surface area contributed by atoms with Crippen LogP contribution in [0.5, 0.6) is 0 Å². The van der Waals surface area contributed by atoms with E-state index >= 15 is 0 Å². The van der Waals surface area contributed by atoms with Crippen LogP contribution in [-0.2, 0) is 16.0 Å². The Morgan fingerprint density at radius 1 is 1.20 bits per heavy atom. The molecular formula is C23H24FN3O3. The molecule has 2 aromatic rings. The summed E-state index contributed by atoms with van der Waals surface area (Å²) < 4.78 is 19.9. The minimum absolute atomic E-state index is 0.207. The van der Waals surface area contributed by atoms with Gasteiger partial charge in [0.1, 0.15) is 5.82 Å². The Morgan fingerprint density at radius 2 is 2.00 bits per heavy atom. The molecule has 0 aromatic heterocycles. The summed E-state index contributed by atoms with van der Waals surface area (Å²) in [6, 6.07) is 13.3. The van der Waals surface area contributed by atoms with Crippen molar-refractivity contribution >= 4 is 17.7 Å². The minimum atomic E-state index is -0.640. The van der Waals surface area contributed by atoms with Gasteiger partial charge in [0.25, 0.3) is 0 Å². The Morgan fingerprint density at radius 3 is 2.77 bits per heavy atom. The number of hydrogen-bond acceptors (Lipinski definition) is 4. The van der Waals surface area contributed by atoms with Crippen LogP contribution in [0.25, 0.3) is 0 Å². The SMILES string of the molecule is CCOC(=O)C1=C(CN2CCCc3cccc(F)c32)NC(=O)NC1c1ccccc1. The second-order valence-corrected chi connectivity index (χ2v) is 7.33. The van der Waals surface area contributed by atoms with Gasteiger partial charge in [0.15, 0.2) is 0 Å². The number of ether oxygens (including phenoxy) is 1. The van der Waals surface area contributed by atoms with Gasteiger partial charge in [-0.25, -0.2) is 14.0 Å². The first-order valence-electron chi connectivity index (χ1n) is 10.1. The summed E-state index contributed by atoms with van der Waals surface area (Å²) in [7, 11) is 0. The number of nitrogens with one attached hydrogen (secondary N) is 2. The molecule has 0 radical (unpaired) electrons. The molecule has 7 heteroatoms. The maximum Gasteiger partial charge on any atom is 0.338 e. The zero-order valence-corrected chi connectivity index (χ0v) is 16.8.